The molecule has 0 unspecified atom stereocenters. The molecule has 0 saturated carbocycles. The van der Waals surface area contributed by atoms with Crippen LogP contribution in [0.5, 0.6) is 0 Å². The fourth-order valence-electron chi connectivity index (χ4n) is 4.26. The molecule has 1 fully saturated rings. The molecule has 3 heterocycles. The summed E-state index contributed by atoms with van der Waals surface area (Å²) in [7, 11) is 0. The Morgan fingerprint density at radius 2 is 1.96 bits per heavy atom. The van der Waals surface area contributed by atoms with E-state index in [0.29, 0.717) is 0 Å². The molecule has 2 aliphatic rings. The minimum Gasteiger partial charge on any atom is -0.325 e. The Morgan fingerprint density at radius 1 is 1.23 bits per heavy atom. The average Bonchev–Trinajstić information content (AvgIpc) is 3.14. The molecule has 1 aromatic carbocycles. The summed E-state index contributed by atoms with van der Waals surface area (Å²) < 4.78 is 2.22. The van der Waals surface area contributed by atoms with Gasteiger partial charge in [0.05, 0.1) is 11.2 Å². The molecule has 138 valence electrons. The molecule has 6 nitrogen and oxygen atoms in total. The van der Waals surface area contributed by atoms with E-state index in [4.69, 9.17) is 4.98 Å². The quantitative estimate of drug-likeness (QED) is 0.903. The first-order valence-corrected chi connectivity index (χ1v) is 9.59. The predicted molar refractivity (Wildman–Crippen MR) is 101 cm³/mol. The van der Waals surface area contributed by atoms with E-state index in [0.717, 1.165) is 51.4 Å². The van der Waals surface area contributed by atoms with Crippen molar-refractivity contribution < 1.29 is 4.79 Å². The fraction of sp³-hybridized carbons (Fsp3) is 0.500. The molecule has 0 radical (unpaired) electrons. The Hall–Kier alpha value is -2.34. The molecule has 1 N–H and O–H groups in total. The molecular formula is C20H27N5O. The summed E-state index contributed by atoms with van der Waals surface area (Å²) in [5.41, 5.74) is 2.30. The Morgan fingerprint density at radius 3 is 2.69 bits per heavy atom. The summed E-state index contributed by atoms with van der Waals surface area (Å²) in [6.07, 6.45) is 5.70. The summed E-state index contributed by atoms with van der Waals surface area (Å²) in [6, 6.07) is 8.64. The number of carbonyl (C=O) groups excluding carboxylic acids is 1. The number of hydrogen-bond donors (Lipinski definition) is 1. The average molecular weight is 353 g/mol. The van der Waals surface area contributed by atoms with Gasteiger partial charge >= 0.3 is 6.03 Å². The van der Waals surface area contributed by atoms with Crippen molar-refractivity contribution in [3.8, 4) is 5.69 Å². The maximum atomic E-state index is 12.7. The summed E-state index contributed by atoms with van der Waals surface area (Å²) in [5, 5.41) is 3.78. The number of piperidine rings is 1. The highest BCUT2D eigenvalue weighted by Gasteiger charge is 2.42. The van der Waals surface area contributed by atoms with Crippen LogP contribution < -0.4 is 5.32 Å². The zero-order valence-electron chi connectivity index (χ0n) is 15.6. The molecule has 6 heteroatoms. The minimum atomic E-state index is -0.178. The predicted octanol–water partition coefficient (Wildman–Crippen LogP) is 2.73. The zero-order valence-corrected chi connectivity index (χ0v) is 15.6. The topological polar surface area (TPSA) is 53.4 Å². The molecule has 4 rings (SSSR count). The number of rotatable bonds is 2. The summed E-state index contributed by atoms with van der Waals surface area (Å²) in [4.78, 5) is 21.3. The molecular weight excluding hydrogens is 326 g/mol. The van der Waals surface area contributed by atoms with Crippen LogP contribution in [-0.2, 0) is 12.1 Å². The molecule has 2 aromatic rings. The summed E-state index contributed by atoms with van der Waals surface area (Å²) >= 11 is 0. The number of nitrogens with one attached hydrogen (secondary N) is 1. The minimum absolute atomic E-state index is 0.157. The Kier molecular flexibility index (Phi) is 4.44. The number of para-hydroxylation sites is 1. The lowest BCUT2D eigenvalue weighted by molar-refractivity contribution is 0.112. The number of imidazole rings is 1. The van der Waals surface area contributed by atoms with Gasteiger partial charge in [0.25, 0.3) is 0 Å². The van der Waals surface area contributed by atoms with Crippen molar-refractivity contribution in [1.82, 2.24) is 24.7 Å². The lowest BCUT2D eigenvalue weighted by atomic mass is 9.86. The molecule has 2 aliphatic heterocycles. The Balaban J connectivity index is 1.59. The highest BCUT2D eigenvalue weighted by atomic mass is 16.2. The number of hydrogen-bond acceptors (Lipinski definition) is 3. The van der Waals surface area contributed by atoms with Crippen molar-refractivity contribution in [3.05, 3.63) is 48.0 Å². The lowest BCUT2D eigenvalue weighted by Crippen LogP contribution is -2.54. The monoisotopic (exact) mass is 353 g/mol. The van der Waals surface area contributed by atoms with E-state index in [1.807, 2.05) is 29.8 Å². The van der Waals surface area contributed by atoms with Gasteiger partial charge < -0.3 is 19.7 Å². The zero-order chi connectivity index (χ0) is 18.1. The number of benzene rings is 1. The van der Waals surface area contributed by atoms with Crippen molar-refractivity contribution in [2.45, 2.75) is 38.8 Å². The maximum absolute atomic E-state index is 12.7. The third-order valence-corrected chi connectivity index (χ3v) is 5.86. The van der Waals surface area contributed by atoms with Crippen LogP contribution in [0.3, 0.4) is 0 Å². The fourth-order valence-corrected chi connectivity index (χ4v) is 4.26. The third-order valence-electron chi connectivity index (χ3n) is 5.86. The molecule has 1 aromatic heterocycles. The van der Waals surface area contributed by atoms with E-state index in [2.05, 4.69) is 40.3 Å². The van der Waals surface area contributed by atoms with Gasteiger partial charge in [0.15, 0.2) is 0 Å². The van der Waals surface area contributed by atoms with Crippen LogP contribution in [0.4, 0.5) is 4.79 Å². The van der Waals surface area contributed by atoms with Crippen LogP contribution in [0.25, 0.3) is 5.69 Å². The number of likely N-dealkylation sites (tertiary alicyclic amines) is 1. The van der Waals surface area contributed by atoms with E-state index in [-0.39, 0.29) is 11.6 Å². The van der Waals surface area contributed by atoms with Gasteiger partial charge in [0.2, 0.25) is 0 Å². The maximum Gasteiger partial charge on any atom is 0.319 e. The largest absolute Gasteiger partial charge is 0.325 e. The van der Waals surface area contributed by atoms with Crippen LogP contribution >= 0.6 is 0 Å². The van der Waals surface area contributed by atoms with Crippen molar-refractivity contribution in [3.63, 3.8) is 0 Å². The van der Waals surface area contributed by atoms with Crippen LogP contribution in [0.15, 0.2) is 36.7 Å². The summed E-state index contributed by atoms with van der Waals surface area (Å²) in [5.74, 6) is 1.07. The normalized spacial score (nSPS) is 18.2. The first-order chi connectivity index (χ1) is 12.7. The van der Waals surface area contributed by atoms with E-state index >= 15 is 0 Å². The van der Waals surface area contributed by atoms with Crippen LogP contribution in [0.2, 0.25) is 0 Å². The van der Waals surface area contributed by atoms with Crippen molar-refractivity contribution in [2.24, 2.45) is 0 Å². The van der Waals surface area contributed by atoms with Crippen LogP contribution in [0, 0.1) is 0 Å². The van der Waals surface area contributed by atoms with Crippen molar-refractivity contribution in [2.75, 3.05) is 26.2 Å². The molecule has 0 aliphatic carbocycles. The first-order valence-electron chi connectivity index (χ1n) is 9.59. The van der Waals surface area contributed by atoms with Gasteiger partial charge in [-0.15, -0.1) is 0 Å². The van der Waals surface area contributed by atoms with Gasteiger partial charge in [-0.2, -0.15) is 0 Å². The molecule has 26 heavy (non-hydrogen) atoms. The first kappa shape index (κ1) is 17.1. The standard InChI is InChI=1S/C20H27N5O/c1-3-23(4-2)19(26)24-12-9-20(10-13-24)18-21-11-14-25(18)17-8-6-5-7-16(17)15-22-20/h5-8,11,14,22H,3-4,9-10,12-13,15H2,1-2H3. The van der Waals surface area contributed by atoms with Crippen LogP contribution in [-0.4, -0.2) is 51.6 Å². The van der Waals surface area contributed by atoms with E-state index in [1.165, 1.54) is 11.3 Å². The molecule has 1 spiro atoms. The third kappa shape index (κ3) is 2.69. The lowest BCUT2D eigenvalue weighted by Gasteiger charge is -2.42. The SMILES string of the molecule is CCN(CC)C(=O)N1CCC2(CC1)NCc1ccccc1-n1ccnc12. The number of aromatic nitrogens is 2. The highest BCUT2D eigenvalue weighted by molar-refractivity contribution is 5.74. The van der Waals surface area contributed by atoms with E-state index in [9.17, 15) is 4.79 Å². The Labute approximate surface area is 154 Å². The van der Waals surface area contributed by atoms with Gasteiger partial charge in [-0.05, 0) is 38.3 Å². The second-order valence-corrected chi connectivity index (χ2v) is 7.13. The second-order valence-electron chi connectivity index (χ2n) is 7.13. The van der Waals surface area contributed by atoms with E-state index < -0.39 is 0 Å². The number of amides is 2. The molecule has 1 saturated heterocycles. The number of carbonyl (C=O) groups is 1. The van der Waals surface area contributed by atoms with Gasteiger partial charge in [-0.1, -0.05) is 18.2 Å². The summed E-state index contributed by atoms with van der Waals surface area (Å²) in [6.45, 7) is 7.92. The van der Waals surface area contributed by atoms with Crippen molar-refractivity contribution >= 4 is 6.03 Å². The second kappa shape index (κ2) is 6.76. The molecule has 0 atom stereocenters. The molecule has 2 amide bonds. The van der Waals surface area contributed by atoms with Gasteiger partial charge in [0, 0.05) is 45.1 Å². The number of urea groups is 1. The smallest absolute Gasteiger partial charge is 0.319 e. The van der Waals surface area contributed by atoms with Gasteiger partial charge in [0.1, 0.15) is 5.82 Å². The van der Waals surface area contributed by atoms with Crippen LogP contribution in [0.1, 0.15) is 38.1 Å². The van der Waals surface area contributed by atoms with Gasteiger partial charge in [-0.25, -0.2) is 9.78 Å². The van der Waals surface area contributed by atoms with Crippen molar-refractivity contribution in [1.29, 1.82) is 0 Å². The van der Waals surface area contributed by atoms with Gasteiger partial charge in [-0.3, -0.25) is 0 Å². The van der Waals surface area contributed by atoms with E-state index in [1.54, 1.807) is 0 Å². The molecule has 0 bridgehead atoms. The highest BCUT2D eigenvalue weighted by Crippen LogP contribution is 2.36. The number of fused-ring (bicyclic) bond motifs is 4. The Bertz CT molecular complexity index is 787. The number of nitrogens with zero attached hydrogens (tertiary/aromatic N) is 4.